The molecular formula is C18H15N3O2. The van der Waals surface area contributed by atoms with Crippen molar-refractivity contribution in [2.75, 3.05) is 7.11 Å². The Balaban J connectivity index is 1.98. The predicted octanol–water partition coefficient (Wildman–Crippen LogP) is 4.01. The number of hydrogen-bond donors (Lipinski definition) is 2. The highest BCUT2D eigenvalue weighted by Gasteiger charge is 2.13. The third kappa shape index (κ3) is 2.89. The fourth-order valence-corrected chi connectivity index (χ4v) is 2.29. The van der Waals surface area contributed by atoms with Gasteiger partial charge in [-0.2, -0.15) is 0 Å². The van der Waals surface area contributed by atoms with Gasteiger partial charge in [0, 0.05) is 24.1 Å². The van der Waals surface area contributed by atoms with Gasteiger partial charge in [0.2, 0.25) is 0 Å². The fourth-order valence-electron chi connectivity index (χ4n) is 2.29. The Bertz CT molecular complexity index is 851. The van der Waals surface area contributed by atoms with Crippen LogP contribution in [-0.2, 0) is 0 Å². The third-order valence-electron chi connectivity index (χ3n) is 3.54. The standard InChI is InChI=1S/C18H15N3O2/c1-22-17-8-13(11-20)4-7-15(17)18-9-16(21-23-18)14-5-2-12(10-19)3-6-14/h2-11,19-20H,1H3. The van der Waals surface area contributed by atoms with Gasteiger partial charge in [0.05, 0.1) is 12.7 Å². The third-order valence-corrected chi connectivity index (χ3v) is 3.54. The second-order valence-corrected chi connectivity index (χ2v) is 4.95. The van der Waals surface area contributed by atoms with E-state index in [0.717, 1.165) is 27.9 Å². The van der Waals surface area contributed by atoms with Crippen molar-refractivity contribution in [2.45, 2.75) is 0 Å². The number of rotatable bonds is 5. The van der Waals surface area contributed by atoms with Crippen LogP contribution in [0.1, 0.15) is 11.1 Å². The van der Waals surface area contributed by atoms with Crippen molar-refractivity contribution in [1.82, 2.24) is 5.16 Å². The summed E-state index contributed by atoms with van der Waals surface area (Å²) in [7, 11) is 1.58. The van der Waals surface area contributed by atoms with E-state index in [9.17, 15) is 0 Å². The smallest absolute Gasteiger partial charge is 0.171 e. The Hall–Kier alpha value is -3.21. The first-order valence-corrected chi connectivity index (χ1v) is 7.01. The van der Waals surface area contributed by atoms with Crippen molar-refractivity contribution in [3.63, 3.8) is 0 Å². The molecule has 114 valence electrons. The predicted molar refractivity (Wildman–Crippen MR) is 89.7 cm³/mol. The number of ether oxygens (including phenoxy) is 1. The summed E-state index contributed by atoms with van der Waals surface area (Å²) in [5, 5.41) is 18.6. The van der Waals surface area contributed by atoms with E-state index in [-0.39, 0.29) is 0 Å². The van der Waals surface area contributed by atoms with Crippen molar-refractivity contribution in [3.05, 3.63) is 59.7 Å². The minimum Gasteiger partial charge on any atom is -0.496 e. The van der Waals surface area contributed by atoms with Gasteiger partial charge in [-0.05, 0) is 23.3 Å². The Morgan fingerprint density at radius 2 is 1.65 bits per heavy atom. The van der Waals surface area contributed by atoms with Gasteiger partial charge < -0.3 is 20.1 Å². The average molecular weight is 305 g/mol. The molecule has 0 aliphatic carbocycles. The van der Waals surface area contributed by atoms with Crippen LogP contribution in [0.4, 0.5) is 0 Å². The molecule has 1 aromatic heterocycles. The zero-order valence-electron chi connectivity index (χ0n) is 12.5. The SMILES string of the molecule is COc1cc(C=N)ccc1-c1cc(-c2ccc(C=N)cc2)no1. The number of methoxy groups -OCH3 is 1. The molecule has 0 amide bonds. The minimum atomic E-state index is 0.601. The van der Waals surface area contributed by atoms with Crippen molar-refractivity contribution < 1.29 is 9.26 Å². The molecule has 0 unspecified atom stereocenters. The van der Waals surface area contributed by atoms with Gasteiger partial charge in [-0.1, -0.05) is 35.5 Å². The van der Waals surface area contributed by atoms with Crippen LogP contribution in [-0.4, -0.2) is 24.7 Å². The summed E-state index contributed by atoms with van der Waals surface area (Å²) in [5.41, 5.74) is 4.01. The van der Waals surface area contributed by atoms with Crippen LogP contribution in [0.3, 0.4) is 0 Å². The highest BCUT2D eigenvalue weighted by Crippen LogP contribution is 2.33. The van der Waals surface area contributed by atoms with Crippen molar-refractivity contribution in [1.29, 1.82) is 10.8 Å². The zero-order valence-corrected chi connectivity index (χ0v) is 12.5. The summed E-state index contributed by atoms with van der Waals surface area (Å²) in [4.78, 5) is 0. The number of nitrogens with one attached hydrogen (secondary N) is 2. The zero-order chi connectivity index (χ0) is 16.2. The van der Waals surface area contributed by atoms with E-state index >= 15 is 0 Å². The van der Waals surface area contributed by atoms with Gasteiger partial charge in [-0.3, -0.25) is 0 Å². The van der Waals surface area contributed by atoms with Crippen LogP contribution >= 0.6 is 0 Å². The molecule has 0 bridgehead atoms. The quantitative estimate of drug-likeness (QED) is 0.698. The molecule has 0 aliphatic heterocycles. The molecule has 0 saturated carbocycles. The van der Waals surface area contributed by atoms with E-state index in [2.05, 4.69) is 5.16 Å². The molecule has 2 aromatic carbocycles. The van der Waals surface area contributed by atoms with Gasteiger partial charge in [0.1, 0.15) is 11.4 Å². The summed E-state index contributed by atoms with van der Waals surface area (Å²) < 4.78 is 10.8. The second-order valence-electron chi connectivity index (χ2n) is 4.95. The van der Waals surface area contributed by atoms with Gasteiger partial charge in [-0.25, -0.2) is 0 Å². The van der Waals surface area contributed by atoms with Crippen LogP contribution in [0.25, 0.3) is 22.6 Å². The van der Waals surface area contributed by atoms with Crippen LogP contribution in [0.2, 0.25) is 0 Å². The van der Waals surface area contributed by atoms with Crippen molar-refractivity contribution in [3.8, 4) is 28.3 Å². The van der Waals surface area contributed by atoms with Gasteiger partial charge in [0.25, 0.3) is 0 Å². The lowest BCUT2D eigenvalue weighted by Crippen LogP contribution is -1.89. The molecule has 5 heteroatoms. The van der Waals surface area contributed by atoms with Crippen LogP contribution in [0.5, 0.6) is 5.75 Å². The number of aromatic nitrogens is 1. The highest BCUT2D eigenvalue weighted by molar-refractivity contribution is 5.81. The van der Waals surface area contributed by atoms with E-state index < -0.39 is 0 Å². The summed E-state index contributed by atoms with van der Waals surface area (Å²) in [6.45, 7) is 0. The van der Waals surface area contributed by atoms with E-state index in [0.29, 0.717) is 11.5 Å². The second kappa shape index (κ2) is 6.27. The number of hydrogen-bond acceptors (Lipinski definition) is 5. The maximum Gasteiger partial charge on any atom is 0.171 e. The maximum atomic E-state index is 7.31. The molecule has 0 aliphatic rings. The molecule has 1 heterocycles. The first kappa shape index (κ1) is 14.7. The van der Waals surface area contributed by atoms with Crippen LogP contribution in [0, 0.1) is 10.8 Å². The Labute approximate surface area is 133 Å². The van der Waals surface area contributed by atoms with E-state index in [1.165, 1.54) is 12.4 Å². The molecule has 2 N–H and O–H groups in total. The minimum absolute atomic E-state index is 0.601. The van der Waals surface area contributed by atoms with E-state index in [1.807, 2.05) is 42.5 Å². The highest BCUT2D eigenvalue weighted by atomic mass is 16.5. The first-order chi connectivity index (χ1) is 11.2. The van der Waals surface area contributed by atoms with Crippen LogP contribution < -0.4 is 4.74 Å². The molecule has 0 saturated heterocycles. The Morgan fingerprint density at radius 3 is 2.30 bits per heavy atom. The maximum absolute atomic E-state index is 7.31. The van der Waals surface area contributed by atoms with Gasteiger partial charge in [0.15, 0.2) is 5.76 Å². The summed E-state index contributed by atoms with van der Waals surface area (Å²) in [6.07, 6.45) is 2.57. The normalized spacial score (nSPS) is 10.3. The lowest BCUT2D eigenvalue weighted by atomic mass is 10.1. The van der Waals surface area contributed by atoms with Crippen molar-refractivity contribution in [2.24, 2.45) is 0 Å². The Kier molecular flexibility index (Phi) is 4.01. The number of nitrogens with zero attached hydrogens (tertiary/aromatic N) is 1. The largest absolute Gasteiger partial charge is 0.496 e. The van der Waals surface area contributed by atoms with Gasteiger partial charge in [-0.15, -0.1) is 0 Å². The average Bonchev–Trinajstić information content (AvgIpc) is 3.11. The summed E-state index contributed by atoms with van der Waals surface area (Å²) >= 11 is 0. The molecule has 0 radical (unpaired) electrons. The Morgan fingerprint density at radius 1 is 0.957 bits per heavy atom. The lowest BCUT2D eigenvalue weighted by Gasteiger charge is -2.06. The molecule has 23 heavy (non-hydrogen) atoms. The lowest BCUT2D eigenvalue weighted by molar-refractivity contribution is 0.406. The molecule has 0 atom stereocenters. The summed E-state index contributed by atoms with van der Waals surface area (Å²) in [6, 6.07) is 14.8. The topological polar surface area (TPSA) is 83.0 Å². The first-order valence-electron chi connectivity index (χ1n) is 7.01. The fraction of sp³-hybridized carbons (Fsp3) is 0.0556. The molecule has 5 nitrogen and oxygen atoms in total. The van der Waals surface area contributed by atoms with Crippen LogP contribution in [0.15, 0.2) is 53.1 Å². The number of benzene rings is 2. The van der Waals surface area contributed by atoms with Gasteiger partial charge >= 0.3 is 0 Å². The molecule has 3 aromatic rings. The molecule has 0 spiro atoms. The van der Waals surface area contributed by atoms with Crippen molar-refractivity contribution >= 4 is 12.4 Å². The summed E-state index contributed by atoms with van der Waals surface area (Å²) in [5.74, 6) is 1.23. The van der Waals surface area contributed by atoms with E-state index in [4.69, 9.17) is 20.1 Å². The molecule has 0 fully saturated rings. The van der Waals surface area contributed by atoms with E-state index in [1.54, 1.807) is 13.2 Å². The molecule has 3 rings (SSSR count). The molecular weight excluding hydrogens is 290 g/mol. The monoisotopic (exact) mass is 305 g/mol.